The molecule has 0 saturated carbocycles. The molecular weight excluding hydrogens is 597 g/mol. The van der Waals surface area contributed by atoms with Crippen LogP contribution in [-0.2, 0) is 32.6 Å². The van der Waals surface area contributed by atoms with E-state index in [0.717, 1.165) is 11.8 Å². The van der Waals surface area contributed by atoms with Gasteiger partial charge < -0.3 is 15.0 Å². The predicted octanol–water partition coefficient (Wildman–Crippen LogP) is 5.71. The maximum absolute atomic E-state index is 13.9. The van der Waals surface area contributed by atoms with E-state index < -0.39 is 16.1 Å². The normalized spacial score (nSPS) is 12.1. The van der Waals surface area contributed by atoms with Crippen molar-refractivity contribution in [2.45, 2.75) is 51.7 Å². The lowest BCUT2D eigenvalue weighted by Gasteiger charge is -2.32. The second-order valence-corrected chi connectivity index (χ2v) is 13.0. The largest absolute Gasteiger partial charge is 0.497 e. The minimum absolute atomic E-state index is 0.0176. The van der Waals surface area contributed by atoms with Gasteiger partial charge in [-0.25, -0.2) is 8.42 Å². The number of ether oxygens (including phenoxy) is 1. The molecule has 0 aliphatic heterocycles. The van der Waals surface area contributed by atoms with Crippen LogP contribution in [0.1, 0.15) is 37.8 Å². The highest BCUT2D eigenvalue weighted by Crippen LogP contribution is 2.26. The third-order valence-corrected chi connectivity index (χ3v) is 8.48. The highest BCUT2D eigenvalue weighted by atomic mass is 35.5. The summed E-state index contributed by atoms with van der Waals surface area (Å²) in [6.45, 7) is 3.93. The molecule has 42 heavy (non-hydrogen) atoms. The number of halogens is 2. The summed E-state index contributed by atoms with van der Waals surface area (Å²) < 4.78 is 31.7. The van der Waals surface area contributed by atoms with Crippen LogP contribution in [0.25, 0.3) is 0 Å². The number of hydrogen-bond donors (Lipinski definition) is 1. The number of rotatable bonds is 14. The van der Waals surface area contributed by atoms with Gasteiger partial charge in [0.1, 0.15) is 11.8 Å². The molecule has 0 aromatic heterocycles. The number of methoxy groups -OCH3 is 1. The van der Waals surface area contributed by atoms with Gasteiger partial charge in [-0.3, -0.25) is 13.9 Å². The molecule has 0 aliphatic carbocycles. The number of nitrogens with zero attached hydrogens (tertiary/aromatic N) is 2. The van der Waals surface area contributed by atoms with Crippen molar-refractivity contribution in [2.24, 2.45) is 0 Å². The molecular formula is C31H37Cl2N3O5S. The zero-order valence-corrected chi connectivity index (χ0v) is 26.5. The molecule has 0 aliphatic rings. The molecule has 0 bridgehead atoms. The third-order valence-electron chi connectivity index (χ3n) is 6.55. The van der Waals surface area contributed by atoms with Crippen LogP contribution >= 0.6 is 23.2 Å². The Kier molecular flexibility index (Phi) is 12.1. The van der Waals surface area contributed by atoms with Crippen molar-refractivity contribution < 1.29 is 22.7 Å². The van der Waals surface area contributed by atoms with Gasteiger partial charge in [0.15, 0.2) is 0 Å². The van der Waals surface area contributed by atoms with Crippen molar-refractivity contribution in [1.82, 2.24) is 10.2 Å². The lowest BCUT2D eigenvalue weighted by Crippen LogP contribution is -2.51. The Balaban J connectivity index is 1.89. The Morgan fingerprint density at radius 2 is 1.60 bits per heavy atom. The van der Waals surface area contributed by atoms with Crippen molar-refractivity contribution in [1.29, 1.82) is 0 Å². The lowest BCUT2D eigenvalue weighted by molar-refractivity contribution is -0.141. The van der Waals surface area contributed by atoms with Gasteiger partial charge in [-0.05, 0) is 67.8 Å². The van der Waals surface area contributed by atoms with Crippen LogP contribution in [-0.4, -0.2) is 57.1 Å². The molecule has 0 saturated heterocycles. The summed E-state index contributed by atoms with van der Waals surface area (Å²) in [4.78, 5) is 28.9. The van der Waals surface area contributed by atoms with E-state index in [1.54, 1.807) is 47.4 Å². The lowest BCUT2D eigenvalue weighted by atomic mass is 10.0. The number of benzene rings is 3. The van der Waals surface area contributed by atoms with Crippen LogP contribution in [0.5, 0.6) is 5.75 Å². The number of amides is 2. The predicted molar refractivity (Wildman–Crippen MR) is 169 cm³/mol. The number of hydrogen-bond acceptors (Lipinski definition) is 5. The number of carbonyl (C=O) groups is 2. The highest BCUT2D eigenvalue weighted by Gasteiger charge is 2.31. The van der Waals surface area contributed by atoms with E-state index in [0.29, 0.717) is 33.5 Å². The van der Waals surface area contributed by atoms with Gasteiger partial charge in [0.2, 0.25) is 21.8 Å². The molecule has 1 atom stereocenters. The Labute approximate surface area is 258 Å². The maximum atomic E-state index is 13.9. The number of sulfonamides is 1. The third kappa shape index (κ3) is 9.64. The SMILES string of the molecule is COc1ccc(N(CCCC(=O)N(Cc2ccc(Cl)c(Cl)c2)[C@@H](Cc2ccccc2)C(=O)NC(C)C)S(C)(=O)=O)cc1. The van der Waals surface area contributed by atoms with Crippen LogP contribution in [0, 0.1) is 0 Å². The average Bonchev–Trinajstić information content (AvgIpc) is 2.94. The first kappa shape index (κ1) is 33.2. The van der Waals surface area contributed by atoms with Gasteiger partial charge in [-0.1, -0.05) is 59.6 Å². The summed E-state index contributed by atoms with van der Waals surface area (Å²) >= 11 is 12.4. The second-order valence-electron chi connectivity index (χ2n) is 10.3. The van der Waals surface area contributed by atoms with Crippen LogP contribution in [0.3, 0.4) is 0 Å². The van der Waals surface area contributed by atoms with E-state index in [9.17, 15) is 18.0 Å². The summed E-state index contributed by atoms with van der Waals surface area (Å²) in [6, 6.07) is 20.3. The summed E-state index contributed by atoms with van der Waals surface area (Å²) in [7, 11) is -2.09. The molecule has 0 radical (unpaired) electrons. The van der Waals surface area contributed by atoms with Crippen LogP contribution < -0.4 is 14.4 Å². The van der Waals surface area contributed by atoms with E-state index in [2.05, 4.69) is 5.32 Å². The zero-order valence-electron chi connectivity index (χ0n) is 24.2. The van der Waals surface area contributed by atoms with Crippen molar-refractivity contribution >= 4 is 50.7 Å². The Hall–Kier alpha value is -3.27. The molecule has 2 amide bonds. The van der Waals surface area contributed by atoms with Crippen molar-refractivity contribution in [3.8, 4) is 5.75 Å². The molecule has 3 rings (SSSR count). The molecule has 0 unspecified atom stereocenters. The first-order chi connectivity index (χ1) is 19.9. The fourth-order valence-electron chi connectivity index (χ4n) is 4.52. The molecule has 0 heterocycles. The summed E-state index contributed by atoms with van der Waals surface area (Å²) in [5, 5.41) is 3.68. The van der Waals surface area contributed by atoms with Gasteiger partial charge in [0, 0.05) is 32.0 Å². The number of carbonyl (C=O) groups excluding carboxylic acids is 2. The second kappa shape index (κ2) is 15.3. The van der Waals surface area contributed by atoms with Gasteiger partial charge >= 0.3 is 0 Å². The van der Waals surface area contributed by atoms with E-state index in [1.165, 1.54) is 11.4 Å². The van der Waals surface area contributed by atoms with Gasteiger partial charge in [-0.15, -0.1) is 0 Å². The maximum Gasteiger partial charge on any atom is 0.243 e. The first-order valence-corrected chi connectivity index (χ1v) is 16.2. The fraction of sp³-hybridized carbons (Fsp3) is 0.355. The Morgan fingerprint density at radius 3 is 2.17 bits per heavy atom. The van der Waals surface area contributed by atoms with E-state index in [4.69, 9.17) is 27.9 Å². The molecule has 0 spiro atoms. The minimum Gasteiger partial charge on any atom is -0.497 e. The molecule has 1 N–H and O–H groups in total. The van der Waals surface area contributed by atoms with Crippen molar-refractivity contribution in [3.63, 3.8) is 0 Å². The van der Waals surface area contributed by atoms with E-state index in [-0.39, 0.29) is 43.8 Å². The monoisotopic (exact) mass is 633 g/mol. The van der Waals surface area contributed by atoms with Gasteiger partial charge in [0.05, 0.1) is 29.1 Å². The Morgan fingerprint density at radius 1 is 0.929 bits per heavy atom. The fourth-order valence-corrected chi connectivity index (χ4v) is 5.81. The average molecular weight is 635 g/mol. The van der Waals surface area contributed by atoms with Crippen LogP contribution in [0.15, 0.2) is 72.8 Å². The number of nitrogens with one attached hydrogen (secondary N) is 1. The Bertz CT molecular complexity index is 1450. The molecule has 0 fully saturated rings. The zero-order chi connectivity index (χ0) is 30.9. The topological polar surface area (TPSA) is 96.0 Å². The van der Waals surface area contributed by atoms with Crippen molar-refractivity contribution in [2.75, 3.05) is 24.2 Å². The number of anilines is 1. The highest BCUT2D eigenvalue weighted by molar-refractivity contribution is 7.92. The van der Waals surface area contributed by atoms with Crippen molar-refractivity contribution in [3.05, 3.63) is 94.0 Å². The first-order valence-electron chi connectivity index (χ1n) is 13.6. The smallest absolute Gasteiger partial charge is 0.243 e. The summed E-state index contributed by atoms with van der Waals surface area (Å²) in [5.41, 5.74) is 2.08. The van der Waals surface area contributed by atoms with Crippen LogP contribution in [0.2, 0.25) is 10.0 Å². The van der Waals surface area contributed by atoms with E-state index >= 15 is 0 Å². The quantitative estimate of drug-likeness (QED) is 0.245. The molecule has 3 aromatic carbocycles. The van der Waals surface area contributed by atoms with Gasteiger partial charge in [-0.2, -0.15) is 0 Å². The molecule has 3 aromatic rings. The van der Waals surface area contributed by atoms with E-state index in [1.807, 2.05) is 44.2 Å². The van der Waals surface area contributed by atoms with Gasteiger partial charge in [0.25, 0.3) is 0 Å². The minimum atomic E-state index is -3.62. The molecule has 226 valence electrons. The summed E-state index contributed by atoms with van der Waals surface area (Å²) in [6.07, 6.45) is 1.68. The molecule has 11 heteroatoms. The van der Waals surface area contributed by atoms with Crippen LogP contribution in [0.4, 0.5) is 5.69 Å². The molecule has 8 nitrogen and oxygen atoms in total. The summed E-state index contributed by atoms with van der Waals surface area (Å²) in [5.74, 6) is 0.0341. The standard InChI is InChI=1S/C31H37Cl2N3O5S/c1-22(2)34-31(38)29(20-23-9-6-5-7-10-23)35(21-24-12-17-27(32)28(33)19-24)30(37)11-8-18-36(42(4,39)40)25-13-15-26(41-3)16-14-25/h5-7,9-10,12-17,19,22,29H,8,11,18,20-21H2,1-4H3,(H,34,38)/t29-/m0/s1.